The Bertz CT molecular complexity index is 898. The minimum atomic E-state index is -0.399. The van der Waals surface area contributed by atoms with Gasteiger partial charge in [0, 0.05) is 24.5 Å². The van der Waals surface area contributed by atoms with Crippen molar-refractivity contribution >= 4 is 40.8 Å². The molecule has 0 saturated carbocycles. The second-order valence-electron chi connectivity index (χ2n) is 5.12. The number of aromatic nitrogens is 3. The first kappa shape index (κ1) is 16.7. The molecule has 3 rings (SSSR count). The molecule has 0 aliphatic carbocycles. The second kappa shape index (κ2) is 7.18. The number of carbonyl (C=O) groups is 1. The Morgan fingerprint density at radius 1 is 1.20 bits per heavy atom. The van der Waals surface area contributed by atoms with Crippen LogP contribution < -0.4 is 16.0 Å². The predicted octanol–water partition coefficient (Wildman–Crippen LogP) is 3.46. The van der Waals surface area contributed by atoms with Crippen LogP contribution >= 0.6 is 11.6 Å². The van der Waals surface area contributed by atoms with E-state index in [1.54, 1.807) is 25.2 Å². The highest BCUT2D eigenvalue weighted by atomic mass is 35.5. The molecule has 9 heteroatoms. The quantitative estimate of drug-likeness (QED) is 0.641. The largest absolute Gasteiger partial charge is 0.449 e. The van der Waals surface area contributed by atoms with Crippen molar-refractivity contribution in [1.82, 2.24) is 15.0 Å². The summed E-state index contributed by atoms with van der Waals surface area (Å²) in [4.78, 5) is 24.8. The molecule has 3 N–H and O–H groups in total. The summed E-state index contributed by atoms with van der Waals surface area (Å²) in [5.74, 6) is 1.01. The lowest BCUT2D eigenvalue weighted by molar-refractivity contribution is 0.102. The van der Waals surface area contributed by atoms with E-state index in [1.807, 2.05) is 13.0 Å². The van der Waals surface area contributed by atoms with Gasteiger partial charge < -0.3 is 20.4 Å². The van der Waals surface area contributed by atoms with Crippen LogP contribution in [-0.2, 0) is 0 Å². The van der Waals surface area contributed by atoms with Gasteiger partial charge in [0.1, 0.15) is 12.1 Å². The molecule has 128 valence electrons. The molecule has 1 aromatic carbocycles. The molecule has 0 spiro atoms. The molecule has 0 aliphatic heterocycles. The molecular formula is C16H15ClN6O2. The van der Waals surface area contributed by atoms with Gasteiger partial charge in [-0.3, -0.25) is 4.79 Å². The molecule has 3 aromatic rings. The average molecular weight is 359 g/mol. The fourth-order valence-corrected chi connectivity index (χ4v) is 2.32. The van der Waals surface area contributed by atoms with Gasteiger partial charge in [0.25, 0.3) is 5.91 Å². The van der Waals surface area contributed by atoms with Crippen molar-refractivity contribution in [2.45, 2.75) is 6.92 Å². The topological polar surface area (TPSA) is 105 Å². The maximum absolute atomic E-state index is 12.3. The van der Waals surface area contributed by atoms with E-state index in [0.717, 1.165) is 5.69 Å². The zero-order chi connectivity index (χ0) is 17.8. The zero-order valence-electron chi connectivity index (χ0n) is 13.5. The van der Waals surface area contributed by atoms with E-state index in [-0.39, 0.29) is 5.56 Å². The number of nitrogens with zero attached hydrogens (tertiary/aromatic N) is 3. The summed E-state index contributed by atoms with van der Waals surface area (Å²) < 4.78 is 4.82. The van der Waals surface area contributed by atoms with Gasteiger partial charge in [0.05, 0.1) is 10.6 Å². The first-order valence-electron chi connectivity index (χ1n) is 7.34. The Morgan fingerprint density at radius 3 is 2.76 bits per heavy atom. The summed E-state index contributed by atoms with van der Waals surface area (Å²) in [6, 6.07) is 6.79. The summed E-state index contributed by atoms with van der Waals surface area (Å²) in [7, 11) is 1.78. The van der Waals surface area contributed by atoms with Crippen LogP contribution in [0.3, 0.4) is 0 Å². The Labute approximate surface area is 148 Å². The molecule has 8 nitrogen and oxygen atoms in total. The maximum atomic E-state index is 12.3. The van der Waals surface area contributed by atoms with E-state index in [0.29, 0.717) is 28.3 Å². The van der Waals surface area contributed by atoms with Crippen molar-refractivity contribution < 1.29 is 9.21 Å². The van der Waals surface area contributed by atoms with Crippen LogP contribution in [0.25, 0.3) is 0 Å². The summed E-state index contributed by atoms with van der Waals surface area (Å²) in [6.45, 7) is 1.87. The number of rotatable bonds is 5. The summed E-state index contributed by atoms with van der Waals surface area (Å²) in [6.07, 6.45) is 2.55. The minimum absolute atomic E-state index is 0.288. The molecule has 0 radical (unpaired) electrons. The molecule has 0 aliphatic rings. The lowest BCUT2D eigenvalue weighted by Gasteiger charge is -2.10. The Balaban J connectivity index is 1.84. The number of halogens is 1. The third-order valence-corrected chi connectivity index (χ3v) is 3.58. The summed E-state index contributed by atoms with van der Waals surface area (Å²) in [5.41, 5.74) is 1.72. The molecule has 2 heterocycles. The fraction of sp³-hybridized carbons (Fsp3) is 0.125. The molecule has 0 fully saturated rings. The smallest absolute Gasteiger partial charge is 0.258 e. The van der Waals surface area contributed by atoms with Crippen molar-refractivity contribution in [3.05, 3.63) is 53.2 Å². The normalized spacial score (nSPS) is 10.4. The van der Waals surface area contributed by atoms with Crippen LogP contribution in [0.5, 0.6) is 0 Å². The Hall–Kier alpha value is -3.13. The second-order valence-corrected chi connectivity index (χ2v) is 5.52. The van der Waals surface area contributed by atoms with Crippen LogP contribution in [0.2, 0.25) is 5.02 Å². The standard InChI is InChI=1S/C16H15ClN6O2/c1-9-5-13(18-2)23-16(20-9)21-10-3-4-12(17)11(6-10)15(24)22-14-7-25-8-19-14/h3-8H,1-2H3,(H,22,24)(H2,18,20,21,23). The van der Waals surface area contributed by atoms with Gasteiger partial charge in [0.15, 0.2) is 12.2 Å². The molecule has 2 aromatic heterocycles. The molecule has 0 unspecified atom stereocenters. The van der Waals surface area contributed by atoms with Crippen molar-refractivity contribution in [1.29, 1.82) is 0 Å². The van der Waals surface area contributed by atoms with E-state index < -0.39 is 5.91 Å². The number of hydrogen-bond acceptors (Lipinski definition) is 7. The highest BCUT2D eigenvalue weighted by Gasteiger charge is 2.13. The number of carbonyl (C=O) groups excluding carboxylic acids is 1. The van der Waals surface area contributed by atoms with E-state index >= 15 is 0 Å². The van der Waals surface area contributed by atoms with Crippen molar-refractivity contribution in [3.8, 4) is 0 Å². The van der Waals surface area contributed by atoms with Crippen LogP contribution in [0.4, 0.5) is 23.3 Å². The van der Waals surface area contributed by atoms with Gasteiger partial charge in [-0.05, 0) is 25.1 Å². The number of aryl methyl sites for hydroxylation is 1. The van der Waals surface area contributed by atoms with Crippen LogP contribution in [0, 0.1) is 6.92 Å². The molecule has 1 amide bonds. The first-order valence-corrected chi connectivity index (χ1v) is 7.72. The number of anilines is 4. The lowest BCUT2D eigenvalue weighted by Crippen LogP contribution is -2.13. The van der Waals surface area contributed by atoms with E-state index in [2.05, 4.69) is 30.9 Å². The number of nitrogens with one attached hydrogen (secondary N) is 3. The highest BCUT2D eigenvalue weighted by molar-refractivity contribution is 6.34. The summed E-state index contributed by atoms with van der Waals surface area (Å²) in [5, 5.41) is 8.94. The van der Waals surface area contributed by atoms with Gasteiger partial charge in [-0.15, -0.1) is 0 Å². The van der Waals surface area contributed by atoms with E-state index in [9.17, 15) is 4.79 Å². The van der Waals surface area contributed by atoms with E-state index in [4.69, 9.17) is 16.0 Å². The van der Waals surface area contributed by atoms with Crippen LogP contribution in [0.15, 0.2) is 41.3 Å². The SMILES string of the molecule is CNc1cc(C)nc(Nc2ccc(Cl)c(C(=O)Nc3cocn3)c2)n1. The van der Waals surface area contributed by atoms with Crippen molar-refractivity contribution in [2.75, 3.05) is 23.0 Å². The highest BCUT2D eigenvalue weighted by Crippen LogP contribution is 2.24. The molecular weight excluding hydrogens is 344 g/mol. The Morgan fingerprint density at radius 2 is 2.04 bits per heavy atom. The Kier molecular flexibility index (Phi) is 4.80. The number of amides is 1. The monoisotopic (exact) mass is 358 g/mol. The average Bonchev–Trinajstić information content (AvgIpc) is 3.09. The van der Waals surface area contributed by atoms with Gasteiger partial charge in [-0.1, -0.05) is 11.6 Å². The molecule has 25 heavy (non-hydrogen) atoms. The third-order valence-electron chi connectivity index (χ3n) is 3.25. The number of hydrogen-bond donors (Lipinski definition) is 3. The van der Waals surface area contributed by atoms with Crippen molar-refractivity contribution in [3.63, 3.8) is 0 Å². The van der Waals surface area contributed by atoms with Gasteiger partial charge >= 0.3 is 0 Å². The molecule has 0 bridgehead atoms. The third kappa shape index (κ3) is 4.04. The minimum Gasteiger partial charge on any atom is -0.449 e. The zero-order valence-corrected chi connectivity index (χ0v) is 14.3. The van der Waals surface area contributed by atoms with Gasteiger partial charge in [0.2, 0.25) is 5.95 Å². The van der Waals surface area contributed by atoms with Crippen molar-refractivity contribution in [2.24, 2.45) is 0 Å². The number of benzene rings is 1. The van der Waals surface area contributed by atoms with Crippen LogP contribution in [0.1, 0.15) is 16.1 Å². The predicted molar refractivity (Wildman–Crippen MR) is 95.5 cm³/mol. The molecule has 0 saturated heterocycles. The van der Waals surface area contributed by atoms with Gasteiger partial charge in [-0.2, -0.15) is 9.97 Å². The lowest BCUT2D eigenvalue weighted by atomic mass is 10.2. The van der Waals surface area contributed by atoms with Crippen LogP contribution in [-0.4, -0.2) is 27.9 Å². The molecule has 0 atom stereocenters. The van der Waals surface area contributed by atoms with E-state index in [1.165, 1.54) is 12.7 Å². The maximum Gasteiger partial charge on any atom is 0.258 e. The van der Waals surface area contributed by atoms with Gasteiger partial charge in [-0.25, -0.2) is 4.98 Å². The fourth-order valence-electron chi connectivity index (χ4n) is 2.12. The summed E-state index contributed by atoms with van der Waals surface area (Å²) >= 11 is 6.13. The first-order chi connectivity index (χ1) is 12.0. The number of oxazole rings is 1.